The molecule has 15 aromatic heterocycles. The van der Waals surface area contributed by atoms with Gasteiger partial charge in [-0.05, 0) is 91.6 Å². The predicted octanol–water partition coefficient (Wildman–Crippen LogP) is 15.9. The normalized spacial score (nSPS) is 12.0. The molecule has 0 radical (unpaired) electrons. The predicted molar refractivity (Wildman–Crippen MR) is 325 cm³/mol. The van der Waals surface area contributed by atoms with Crippen LogP contribution in [0, 0.1) is 0 Å². The van der Waals surface area contributed by atoms with Crippen LogP contribution in [0.1, 0.15) is 0 Å². The van der Waals surface area contributed by atoms with Crippen LogP contribution in [-0.4, -0.2) is 79.7 Å². The molecule has 0 unspecified atom stereocenters. The van der Waals surface area contributed by atoms with E-state index in [2.05, 4.69) is 9.97 Å². The van der Waals surface area contributed by atoms with E-state index in [1.807, 2.05) is 140 Å². The van der Waals surface area contributed by atoms with Gasteiger partial charge in [0.15, 0.2) is 45.9 Å². The number of hydrogen-bond acceptors (Lipinski definition) is 22. The van der Waals surface area contributed by atoms with Crippen LogP contribution in [0.5, 0.6) is 0 Å². The van der Waals surface area contributed by atoms with Gasteiger partial charge in [0.2, 0.25) is 0 Å². The van der Waals surface area contributed by atoms with Gasteiger partial charge in [-0.15, -0.1) is 90.7 Å². The maximum Gasteiger partial charge on any atom is 0.184 e. The van der Waals surface area contributed by atoms with Gasteiger partial charge in [0, 0.05) is 0 Å². The molecule has 0 atom stereocenters. The minimum Gasteiger partial charge on any atom is -0.321 e. The smallest absolute Gasteiger partial charge is 0.184 e. The molecule has 17 rings (SSSR count). The van der Waals surface area contributed by atoms with Crippen molar-refractivity contribution in [2.75, 3.05) is 0 Å². The summed E-state index contributed by atoms with van der Waals surface area (Å²) in [4.78, 5) is 90.1. The summed E-state index contributed by atoms with van der Waals surface area (Å²) < 4.78 is 0. The van der Waals surface area contributed by atoms with E-state index >= 15 is 0 Å². The second-order valence-corrected chi connectivity index (χ2v) is 25.5. The second kappa shape index (κ2) is 18.4. The highest BCUT2D eigenvalue weighted by Crippen LogP contribution is 2.45. The number of aromatic amines is 2. The number of rotatable bonds is 8. The van der Waals surface area contributed by atoms with Gasteiger partial charge < -0.3 is 9.97 Å². The SMILES string of the molecule is c1csc(-c2nc3c(nc2-c2cccs2)-c2nc-3nc3[nH]c(nc4nc(nc5[nH]c(n2)c2nc(-c6cccs6)c(-c6cccs6)nc52)-c2nc(-c5cccs5)c(-c5cccs5)nc2-4)c2nc(-c4cccs4)c(-c4cccs4)nc32)c1. The van der Waals surface area contributed by atoms with E-state index in [1.54, 1.807) is 90.7 Å². The lowest BCUT2D eigenvalue weighted by molar-refractivity contribution is 1.18. The van der Waals surface area contributed by atoms with Crippen LogP contribution in [0.25, 0.3) is 175 Å². The van der Waals surface area contributed by atoms with Crippen molar-refractivity contribution >= 4 is 135 Å². The summed E-state index contributed by atoms with van der Waals surface area (Å²) in [6.45, 7) is 0. The van der Waals surface area contributed by atoms with Gasteiger partial charge in [-0.2, -0.15) is 0 Å². The topological polar surface area (TPSA) is 212 Å². The fraction of sp³-hybridized carbons (Fsp3) is 0. The molecule has 17 heterocycles. The molecule has 24 heteroatoms. The average molecular weight is 1180 g/mol. The van der Waals surface area contributed by atoms with Gasteiger partial charge in [0.05, 0.1) is 39.0 Å². The summed E-state index contributed by atoms with van der Waals surface area (Å²) in [6.07, 6.45) is 0. The van der Waals surface area contributed by atoms with Crippen LogP contribution in [0.4, 0.5) is 0 Å². The van der Waals surface area contributed by atoms with Gasteiger partial charge in [-0.25, -0.2) is 69.8 Å². The van der Waals surface area contributed by atoms with Crippen molar-refractivity contribution in [3.63, 3.8) is 0 Å². The zero-order valence-corrected chi connectivity index (χ0v) is 46.9. The van der Waals surface area contributed by atoms with E-state index in [0.29, 0.717) is 113 Å². The van der Waals surface area contributed by atoms with Gasteiger partial charge >= 0.3 is 0 Å². The summed E-state index contributed by atoms with van der Waals surface area (Å²) >= 11 is 12.7. The zero-order valence-electron chi connectivity index (χ0n) is 40.4. The third kappa shape index (κ3) is 7.52. The Morgan fingerprint density at radius 3 is 0.562 bits per heavy atom. The lowest BCUT2D eigenvalue weighted by Crippen LogP contribution is -1.97. The van der Waals surface area contributed by atoms with E-state index in [1.165, 1.54) is 0 Å². The molecular weight excluding hydrogens is 1150 g/mol. The van der Waals surface area contributed by atoms with Crippen LogP contribution in [0.2, 0.25) is 0 Å². The van der Waals surface area contributed by atoms with E-state index < -0.39 is 0 Å². The van der Waals surface area contributed by atoms with Crippen LogP contribution in [0.15, 0.2) is 140 Å². The highest BCUT2D eigenvalue weighted by atomic mass is 32.1. The van der Waals surface area contributed by atoms with Crippen LogP contribution >= 0.6 is 90.7 Å². The second-order valence-electron chi connectivity index (χ2n) is 17.9. The van der Waals surface area contributed by atoms with Crippen LogP contribution in [0.3, 0.4) is 0 Å². The van der Waals surface area contributed by atoms with Gasteiger partial charge in [-0.3, -0.25) is 0 Å². The van der Waals surface area contributed by atoms with Crippen molar-refractivity contribution in [1.29, 1.82) is 0 Å². The highest BCUT2D eigenvalue weighted by molar-refractivity contribution is 7.16. The minimum absolute atomic E-state index is 0.253. The molecule has 80 heavy (non-hydrogen) atoms. The number of H-pyrrole nitrogens is 2. The molecule has 0 amide bonds. The Kier molecular flexibility index (Phi) is 10.6. The highest BCUT2D eigenvalue weighted by Gasteiger charge is 2.32. The van der Waals surface area contributed by atoms with Gasteiger partial charge in [0.1, 0.15) is 90.4 Å². The summed E-state index contributed by atoms with van der Waals surface area (Å²) in [5.74, 6) is 1.01. The van der Waals surface area contributed by atoms with Crippen molar-refractivity contribution in [1.82, 2.24) is 79.7 Å². The third-order valence-corrected chi connectivity index (χ3v) is 20.1. The van der Waals surface area contributed by atoms with Crippen molar-refractivity contribution in [3.8, 4) is 131 Å². The number of fused-ring (bicyclic) bond motifs is 20. The maximum atomic E-state index is 5.44. The number of thiophene rings is 8. The summed E-state index contributed by atoms with van der Waals surface area (Å²) in [5.41, 5.74) is 10.5. The summed E-state index contributed by atoms with van der Waals surface area (Å²) in [7, 11) is 0. The lowest BCUT2D eigenvalue weighted by atomic mass is 10.2. The van der Waals surface area contributed by atoms with Gasteiger partial charge in [-0.1, -0.05) is 48.5 Å². The molecule has 0 aliphatic carbocycles. The van der Waals surface area contributed by atoms with Crippen molar-refractivity contribution in [2.24, 2.45) is 0 Å². The first-order valence-electron chi connectivity index (χ1n) is 24.4. The third-order valence-electron chi connectivity index (χ3n) is 13.1. The Hall–Kier alpha value is -8.72. The van der Waals surface area contributed by atoms with Crippen molar-refractivity contribution < 1.29 is 0 Å². The quantitative estimate of drug-likeness (QED) is 0.145. The Bertz CT molecular complexity index is 4420. The lowest BCUT2D eigenvalue weighted by Gasteiger charge is -2.08. The van der Waals surface area contributed by atoms with Gasteiger partial charge in [0.25, 0.3) is 0 Å². The first kappa shape index (κ1) is 46.2. The molecule has 378 valence electrons. The first-order valence-corrected chi connectivity index (χ1v) is 31.5. The number of aromatic nitrogens is 16. The van der Waals surface area contributed by atoms with Crippen molar-refractivity contribution in [2.45, 2.75) is 0 Å². The van der Waals surface area contributed by atoms with E-state index in [9.17, 15) is 0 Å². The molecule has 0 saturated heterocycles. The molecule has 0 fully saturated rings. The number of nitrogens with zero attached hydrogens (tertiary/aromatic N) is 14. The molecule has 2 N–H and O–H groups in total. The molecule has 0 aromatic carbocycles. The first-order chi connectivity index (χ1) is 39.6. The number of hydrogen-bond donors (Lipinski definition) is 2. The maximum absolute atomic E-state index is 5.44. The monoisotopic (exact) mass is 1180 g/mol. The molecular formula is C56H26N16S8. The van der Waals surface area contributed by atoms with E-state index in [0.717, 1.165) is 39.0 Å². The molecule has 0 spiro atoms. The Morgan fingerprint density at radius 2 is 0.388 bits per heavy atom. The molecule has 16 nitrogen and oxygen atoms in total. The molecule has 2 aliphatic heterocycles. The Labute approximate surface area is 481 Å². The number of nitrogens with one attached hydrogen (secondary N) is 2. The summed E-state index contributed by atoms with van der Waals surface area (Å²) in [5, 5.41) is 16.3. The molecule has 15 aromatic rings. The minimum atomic E-state index is 0.253. The Morgan fingerprint density at radius 1 is 0.200 bits per heavy atom. The van der Waals surface area contributed by atoms with E-state index in [-0.39, 0.29) is 23.3 Å². The summed E-state index contributed by atoms with van der Waals surface area (Å²) in [6, 6.07) is 32.5. The molecule has 2 aliphatic rings. The fourth-order valence-electron chi connectivity index (χ4n) is 9.64. The van der Waals surface area contributed by atoms with Crippen molar-refractivity contribution in [3.05, 3.63) is 140 Å². The van der Waals surface area contributed by atoms with Crippen LogP contribution in [-0.2, 0) is 0 Å². The standard InChI is InChI=1S/C56H26N16S8/c1-9-25(73-17-1)33-34(26-10-2-18-74-26)58-42-41(57-33)49-65-50(42)70-52-45-46(62-38(30-14-6-22-78-30)37(61-45)29-13-5-21-77-29)54(67-52)72-56-48-47(63-39(31-15-7-23-79-31)40(64-48)32-16-8-24-80-32)55(68-56)71-53-44-43(51(66-53)69-49)59-35(27-11-3-19-75-27)36(60-44)28-12-4-20-76-28/h1-24H,(H2,65,66,67,68,69,70,71,72). The van der Waals surface area contributed by atoms with E-state index in [4.69, 9.17) is 69.8 Å². The molecule has 0 saturated carbocycles. The molecule has 8 bridgehead atoms. The van der Waals surface area contributed by atoms with Crippen LogP contribution < -0.4 is 0 Å². The largest absolute Gasteiger partial charge is 0.321 e. The fourth-order valence-corrected chi connectivity index (χ4v) is 15.4. The average Bonchev–Trinajstić information content (AvgIpc) is 4.47. The zero-order chi connectivity index (χ0) is 52.4. The Balaban J connectivity index is 1.05.